The van der Waals surface area contributed by atoms with Crippen molar-refractivity contribution in [2.75, 3.05) is 37.8 Å². The molecular formula is C14H20FN3O2. The third-order valence-electron chi connectivity index (χ3n) is 3.24. The summed E-state index contributed by atoms with van der Waals surface area (Å²) >= 11 is 0. The van der Waals surface area contributed by atoms with Crippen molar-refractivity contribution in [1.29, 1.82) is 0 Å². The molecule has 5 nitrogen and oxygen atoms in total. The number of nitrogens with zero attached hydrogens (tertiary/aromatic N) is 1. The van der Waals surface area contributed by atoms with E-state index in [1.54, 1.807) is 0 Å². The van der Waals surface area contributed by atoms with Gasteiger partial charge >= 0.3 is 0 Å². The first-order valence-electron chi connectivity index (χ1n) is 6.69. The van der Waals surface area contributed by atoms with Gasteiger partial charge in [-0.05, 0) is 38.1 Å². The van der Waals surface area contributed by atoms with Gasteiger partial charge in [-0.15, -0.1) is 0 Å². The molecule has 0 spiro atoms. The Balaban J connectivity index is 1.82. The highest BCUT2D eigenvalue weighted by atomic mass is 19.1. The quantitative estimate of drug-likeness (QED) is 0.802. The van der Waals surface area contributed by atoms with Crippen LogP contribution in [-0.4, -0.2) is 43.7 Å². The van der Waals surface area contributed by atoms with E-state index in [1.807, 2.05) is 11.9 Å². The third kappa shape index (κ3) is 4.18. The monoisotopic (exact) mass is 281 g/mol. The number of amides is 1. The number of carbonyl (C=O) groups is 1. The van der Waals surface area contributed by atoms with Crippen molar-refractivity contribution in [2.45, 2.75) is 18.9 Å². The lowest BCUT2D eigenvalue weighted by Gasteiger charge is -2.20. The number of nitrogens with two attached hydrogens (primary N) is 1. The van der Waals surface area contributed by atoms with Gasteiger partial charge in [0.2, 0.25) is 5.91 Å². The molecule has 6 heteroatoms. The fourth-order valence-electron chi connectivity index (χ4n) is 2.28. The summed E-state index contributed by atoms with van der Waals surface area (Å²) in [5.74, 6) is -0.597. The van der Waals surface area contributed by atoms with Gasteiger partial charge in [0.1, 0.15) is 5.82 Å². The molecule has 20 heavy (non-hydrogen) atoms. The SMILES string of the molecule is CN(CC(=O)Nc1ccc(F)cc1N)CC1CCCO1. The molecule has 0 saturated carbocycles. The van der Waals surface area contributed by atoms with Crippen LogP contribution in [0.5, 0.6) is 0 Å². The molecule has 1 fully saturated rings. The molecule has 1 unspecified atom stereocenters. The van der Waals surface area contributed by atoms with Gasteiger partial charge in [-0.25, -0.2) is 4.39 Å². The Bertz CT molecular complexity index is 475. The van der Waals surface area contributed by atoms with Crippen molar-refractivity contribution >= 4 is 17.3 Å². The Morgan fingerprint density at radius 2 is 2.40 bits per heavy atom. The van der Waals surface area contributed by atoms with Crippen LogP contribution in [0.4, 0.5) is 15.8 Å². The predicted molar refractivity (Wildman–Crippen MR) is 75.9 cm³/mol. The van der Waals surface area contributed by atoms with E-state index in [-0.39, 0.29) is 24.2 Å². The summed E-state index contributed by atoms with van der Waals surface area (Å²) in [6, 6.07) is 3.91. The number of nitrogen functional groups attached to an aromatic ring is 1. The number of hydrogen-bond donors (Lipinski definition) is 2. The first-order valence-corrected chi connectivity index (χ1v) is 6.69. The second-order valence-electron chi connectivity index (χ2n) is 5.11. The molecule has 1 aromatic rings. The zero-order valence-corrected chi connectivity index (χ0v) is 11.6. The van der Waals surface area contributed by atoms with Gasteiger partial charge in [0.05, 0.1) is 24.0 Å². The highest BCUT2D eigenvalue weighted by molar-refractivity contribution is 5.95. The lowest BCUT2D eigenvalue weighted by molar-refractivity contribution is -0.117. The van der Waals surface area contributed by atoms with Crippen LogP contribution in [0.15, 0.2) is 18.2 Å². The average Bonchev–Trinajstić information content (AvgIpc) is 2.85. The number of nitrogens with one attached hydrogen (secondary N) is 1. The van der Waals surface area contributed by atoms with Crippen LogP contribution in [0.1, 0.15) is 12.8 Å². The highest BCUT2D eigenvalue weighted by Gasteiger charge is 2.18. The molecule has 2 rings (SSSR count). The largest absolute Gasteiger partial charge is 0.397 e. The molecule has 1 atom stereocenters. The molecule has 3 N–H and O–H groups in total. The van der Waals surface area contributed by atoms with Crippen LogP contribution in [0, 0.1) is 5.82 Å². The first kappa shape index (κ1) is 14.7. The van der Waals surface area contributed by atoms with Gasteiger partial charge in [-0.3, -0.25) is 9.69 Å². The number of ether oxygens (including phenoxy) is 1. The fraction of sp³-hybridized carbons (Fsp3) is 0.500. The average molecular weight is 281 g/mol. The minimum atomic E-state index is -0.420. The van der Waals surface area contributed by atoms with Crippen LogP contribution >= 0.6 is 0 Å². The number of halogens is 1. The molecule has 1 aromatic carbocycles. The first-order chi connectivity index (χ1) is 9.54. The minimum absolute atomic E-state index is 0.177. The second-order valence-corrected chi connectivity index (χ2v) is 5.11. The van der Waals surface area contributed by atoms with E-state index in [4.69, 9.17) is 10.5 Å². The van der Waals surface area contributed by atoms with Crippen molar-refractivity contribution in [3.63, 3.8) is 0 Å². The van der Waals surface area contributed by atoms with E-state index < -0.39 is 5.82 Å². The fourth-order valence-corrected chi connectivity index (χ4v) is 2.28. The molecule has 0 radical (unpaired) electrons. The number of anilines is 2. The summed E-state index contributed by atoms with van der Waals surface area (Å²) in [4.78, 5) is 13.8. The van der Waals surface area contributed by atoms with Crippen molar-refractivity contribution in [3.8, 4) is 0 Å². The summed E-state index contributed by atoms with van der Waals surface area (Å²) in [6.07, 6.45) is 2.33. The molecule has 0 bridgehead atoms. The van der Waals surface area contributed by atoms with Gasteiger partial charge in [-0.1, -0.05) is 0 Å². The topological polar surface area (TPSA) is 67.6 Å². The molecular weight excluding hydrogens is 261 g/mol. The van der Waals surface area contributed by atoms with Gasteiger partial charge < -0.3 is 15.8 Å². The van der Waals surface area contributed by atoms with Gasteiger partial charge in [0.15, 0.2) is 0 Å². The number of likely N-dealkylation sites (N-methyl/N-ethyl adjacent to an activating group) is 1. The molecule has 1 aliphatic rings. The number of rotatable bonds is 5. The Labute approximate surface area is 117 Å². The number of carbonyl (C=O) groups excluding carboxylic acids is 1. The highest BCUT2D eigenvalue weighted by Crippen LogP contribution is 2.19. The van der Waals surface area contributed by atoms with Gasteiger partial charge in [0.25, 0.3) is 0 Å². The lowest BCUT2D eigenvalue weighted by Crippen LogP contribution is -2.35. The van der Waals surface area contributed by atoms with E-state index >= 15 is 0 Å². The molecule has 0 aliphatic carbocycles. The maximum Gasteiger partial charge on any atom is 0.238 e. The normalized spacial score (nSPS) is 18.4. The molecule has 1 heterocycles. The van der Waals surface area contributed by atoms with Crippen LogP contribution < -0.4 is 11.1 Å². The molecule has 1 saturated heterocycles. The van der Waals surface area contributed by atoms with Crippen LogP contribution in [-0.2, 0) is 9.53 Å². The van der Waals surface area contributed by atoms with Crippen molar-refractivity contribution in [3.05, 3.63) is 24.0 Å². The summed E-state index contributed by atoms with van der Waals surface area (Å²) in [7, 11) is 1.87. The summed E-state index contributed by atoms with van der Waals surface area (Å²) in [6.45, 7) is 1.78. The van der Waals surface area contributed by atoms with Crippen LogP contribution in [0.25, 0.3) is 0 Å². The predicted octanol–water partition coefficient (Wildman–Crippen LogP) is 1.46. The Kier molecular flexibility index (Phi) is 4.92. The molecule has 1 amide bonds. The Morgan fingerprint density at radius 3 is 3.05 bits per heavy atom. The van der Waals surface area contributed by atoms with Crippen LogP contribution in [0.2, 0.25) is 0 Å². The van der Waals surface area contributed by atoms with Gasteiger partial charge in [0, 0.05) is 13.2 Å². The van der Waals surface area contributed by atoms with E-state index in [1.165, 1.54) is 18.2 Å². The van der Waals surface area contributed by atoms with E-state index in [9.17, 15) is 9.18 Å². The maximum atomic E-state index is 12.9. The Hall–Kier alpha value is -1.66. The maximum absolute atomic E-state index is 12.9. The zero-order valence-electron chi connectivity index (χ0n) is 11.6. The van der Waals surface area contributed by atoms with E-state index in [2.05, 4.69) is 5.32 Å². The molecule has 1 aliphatic heterocycles. The summed E-state index contributed by atoms with van der Waals surface area (Å²) < 4.78 is 18.4. The third-order valence-corrected chi connectivity index (χ3v) is 3.24. The minimum Gasteiger partial charge on any atom is -0.397 e. The summed E-state index contributed by atoms with van der Waals surface area (Å²) in [5.41, 5.74) is 6.30. The van der Waals surface area contributed by atoms with E-state index in [0.29, 0.717) is 5.69 Å². The zero-order chi connectivity index (χ0) is 14.5. The van der Waals surface area contributed by atoms with E-state index in [0.717, 1.165) is 26.0 Å². The second kappa shape index (κ2) is 6.67. The number of benzene rings is 1. The van der Waals surface area contributed by atoms with Crippen molar-refractivity contribution in [2.24, 2.45) is 0 Å². The summed E-state index contributed by atoms with van der Waals surface area (Å²) in [5, 5.41) is 2.68. The molecule has 0 aromatic heterocycles. The van der Waals surface area contributed by atoms with Gasteiger partial charge in [-0.2, -0.15) is 0 Å². The number of hydrogen-bond acceptors (Lipinski definition) is 4. The van der Waals surface area contributed by atoms with Crippen molar-refractivity contribution < 1.29 is 13.9 Å². The smallest absolute Gasteiger partial charge is 0.238 e. The van der Waals surface area contributed by atoms with Crippen LogP contribution in [0.3, 0.4) is 0 Å². The Morgan fingerprint density at radius 1 is 1.60 bits per heavy atom. The van der Waals surface area contributed by atoms with Crippen molar-refractivity contribution in [1.82, 2.24) is 4.90 Å². The lowest BCUT2D eigenvalue weighted by atomic mass is 10.2. The molecule has 110 valence electrons. The standard InChI is InChI=1S/C14H20FN3O2/c1-18(8-11-3-2-6-20-11)9-14(19)17-13-5-4-10(15)7-12(13)16/h4-5,7,11H,2-3,6,8-9,16H2,1H3,(H,17,19).